The molecule has 0 radical (unpaired) electrons. The van der Waals surface area contributed by atoms with Gasteiger partial charge in [-0.05, 0) is 36.2 Å². The highest BCUT2D eigenvalue weighted by molar-refractivity contribution is 5.82. The smallest absolute Gasteiger partial charge is 0.246 e. The van der Waals surface area contributed by atoms with Crippen LogP contribution in [0.5, 0.6) is 11.5 Å². The molecular weight excluding hydrogens is 396 g/mol. The number of carbonyl (C=O) groups excluding carboxylic acids is 1. The fourth-order valence-corrected chi connectivity index (χ4v) is 3.22. The number of hydrogen-bond donors (Lipinski definition) is 3. The summed E-state index contributed by atoms with van der Waals surface area (Å²) >= 11 is 0. The molecule has 2 heterocycles. The second kappa shape index (κ2) is 8.86. The van der Waals surface area contributed by atoms with E-state index < -0.39 is 0 Å². The molecule has 0 unspecified atom stereocenters. The first-order valence-electron chi connectivity index (χ1n) is 9.97. The predicted octanol–water partition coefficient (Wildman–Crippen LogP) is 4.09. The Labute approximate surface area is 179 Å². The van der Waals surface area contributed by atoms with Gasteiger partial charge in [0.15, 0.2) is 11.6 Å². The van der Waals surface area contributed by atoms with Crippen LogP contribution in [0.2, 0.25) is 0 Å². The lowest BCUT2D eigenvalue weighted by atomic mass is 10.1. The molecule has 0 aliphatic carbocycles. The zero-order valence-corrected chi connectivity index (χ0v) is 17.6. The van der Waals surface area contributed by atoms with Crippen LogP contribution in [-0.2, 0) is 4.79 Å². The summed E-state index contributed by atoms with van der Waals surface area (Å²) in [6, 6.07) is 11.2. The summed E-state index contributed by atoms with van der Waals surface area (Å²) in [6.45, 7) is 4.05. The average Bonchev–Trinajstić information content (AvgIpc) is 3.40. The number of Topliss-reactive ketones (excluding diaryl/α,β-unsaturated/α-hetero) is 1. The maximum atomic E-state index is 11.9. The van der Waals surface area contributed by atoms with Gasteiger partial charge in [-0.1, -0.05) is 13.8 Å². The van der Waals surface area contributed by atoms with Gasteiger partial charge < -0.3 is 14.8 Å². The van der Waals surface area contributed by atoms with E-state index in [0.717, 1.165) is 22.2 Å². The van der Waals surface area contributed by atoms with E-state index in [1.165, 1.54) is 0 Å². The molecule has 31 heavy (non-hydrogen) atoms. The van der Waals surface area contributed by atoms with Gasteiger partial charge in [-0.25, -0.2) is 0 Å². The fraction of sp³-hybridized carbons (Fsp3) is 0.273. The standard InChI is InChI=1S/C22H24N6O3/c1-13(2)8-16(29)12-31-17-5-6-18(20(10-17)30-3)21-25-22(28-27-21)24-15-4-7-19-14(9-15)11-23-26-19/h4-7,9-11,13H,8,12H2,1-3H3,(H,23,26)(H2,24,25,27,28). The number of methoxy groups -OCH3 is 1. The third-order valence-corrected chi connectivity index (χ3v) is 4.65. The number of anilines is 2. The van der Waals surface area contributed by atoms with E-state index in [9.17, 15) is 4.79 Å². The molecule has 0 spiro atoms. The van der Waals surface area contributed by atoms with Crippen LogP contribution in [-0.4, -0.2) is 44.9 Å². The monoisotopic (exact) mass is 420 g/mol. The topological polar surface area (TPSA) is 118 Å². The van der Waals surface area contributed by atoms with Gasteiger partial charge in [0.2, 0.25) is 5.95 Å². The van der Waals surface area contributed by atoms with E-state index >= 15 is 0 Å². The van der Waals surface area contributed by atoms with Gasteiger partial charge in [0.05, 0.1) is 24.4 Å². The summed E-state index contributed by atoms with van der Waals surface area (Å²) in [5, 5.41) is 18.3. The first-order chi connectivity index (χ1) is 15.0. The van der Waals surface area contributed by atoms with Crippen LogP contribution in [0.1, 0.15) is 20.3 Å². The summed E-state index contributed by atoms with van der Waals surface area (Å²) < 4.78 is 11.1. The molecule has 0 amide bonds. The van der Waals surface area contributed by atoms with Gasteiger partial charge in [0.1, 0.15) is 18.1 Å². The summed E-state index contributed by atoms with van der Waals surface area (Å²) in [4.78, 5) is 16.4. The van der Waals surface area contributed by atoms with E-state index in [-0.39, 0.29) is 12.4 Å². The Balaban J connectivity index is 1.47. The Bertz CT molecular complexity index is 1200. The van der Waals surface area contributed by atoms with E-state index in [1.807, 2.05) is 38.1 Å². The number of hydrogen-bond acceptors (Lipinski definition) is 7. The third kappa shape index (κ3) is 4.82. The molecule has 3 N–H and O–H groups in total. The zero-order chi connectivity index (χ0) is 21.8. The number of ether oxygens (including phenoxy) is 2. The van der Waals surface area contributed by atoms with Gasteiger partial charge >= 0.3 is 0 Å². The first kappa shape index (κ1) is 20.4. The minimum atomic E-state index is 0.0397. The lowest BCUT2D eigenvalue weighted by Gasteiger charge is -2.10. The average molecular weight is 420 g/mol. The Hall–Kier alpha value is -3.88. The maximum absolute atomic E-state index is 11.9. The van der Waals surface area contributed by atoms with E-state index in [4.69, 9.17) is 9.47 Å². The van der Waals surface area contributed by atoms with Gasteiger partial charge in [0.25, 0.3) is 0 Å². The van der Waals surface area contributed by atoms with Crippen LogP contribution in [0.15, 0.2) is 42.6 Å². The number of H-pyrrole nitrogens is 2. The molecule has 0 aliphatic heterocycles. The number of nitrogens with zero attached hydrogens (tertiary/aromatic N) is 3. The SMILES string of the molecule is COc1cc(OCC(=O)CC(C)C)ccc1-c1nc(Nc2ccc3[nH]ncc3c2)n[nH]1. The van der Waals surface area contributed by atoms with Gasteiger partial charge in [-0.2, -0.15) is 10.1 Å². The largest absolute Gasteiger partial charge is 0.496 e. The highest BCUT2D eigenvalue weighted by Crippen LogP contribution is 2.32. The molecule has 4 rings (SSSR count). The summed E-state index contributed by atoms with van der Waals surface area (Å²) in [7, 11) is 1.57. The number of carbonyl (C=O) groups is 1. The minimum absolute atomic E-state index is 0.0397. The van der Waals surface area contributed by atoms with Gasteiger partial charge in [-0.3, -0.25) is 15.0 Å². The molecule has 0 fully saturated rings. The van der Waals surface area contributed by atoms with Crippen molar-refractivity contribution in [3.63, 3.8) is 0 Å². The number of aromatic nitrogens is 5. The number of rotatable bonds is 9. The van der Waals surface area contributed by atoms with Gasteiger partial charge in [-0.15, -0.1) is 5.10 Å². The summed E-state index contributed by atoms with van der Waals surface area (Å²) in [5.41, 5.74) is 2.54. The van der Waals surface area contributed by atoms with Crippen LogP contribution in [0.3, 0.4) is 0 Å². The van der Waals surface area contributed by atoms with Crippen LogP contribution < -0.4 is 14.8 Å². The van der Waals surface area contributed by atoms with Crippen molar-refractivity contribution in [1.29, 1.82) is 0 Å². The van der Waals surface area contributed by atoms with Gasteiger partial charge in [0, 0.05) is 23.6 Å². The molecular formula is C22H24N6O3. The number of nitrogens with one attached hydrogen (secondary N) is 3. The molecule has 0 aliphatic rings. The molecule has 4 aromatic rings. The van der Waals surface area contributed by atoms with Crippen molar-refractivity contribution in [2.75, 3.05) is 19.0 Å². The number of ketones is 1. The molecule has 0 bridgehead atoms. The van der Waals surface area contributed by atoms with Crippen molar-refractivity contribution >= 4 is 28.3 Å². The molecule has 9 heteroatoms. The van der Waals surface area contributed by atoms with Crippen molar-refractivity contribution in [2.45, 2.75) is 20.3 Å². The van der Waals surface area contributed by atoms with Crippen molar-refractivity contribution in [1.82, 2.24) is 25.4 Å². The summed E-state index contributed by atoms with van der Waals surface area (Å²) in [5.74, 6) is 2.48. The predicted molar refractivity (Wildman–Crippen MR) is 118 cm³/mol. The molecule has 9 nitrogen and oxygen atoms in total. The Morgan fingerprint density at radius 2 is 2.03 bits per heavy atom. The van der Waals surface area contributed by atoms with Crippen molar-refractivity contribution in [3.8, 4) is 22.9 Å². The summed E-state index contributed by atoms with van der Waals surface area (Å²) in [6.07, 6.45) is 2.26. The Morgan fingerprint density at radius 3 is 2.84 bits per heavy atom. The quantitative estimate of drug-likeness (QED) is 0.373. The van der Waals surface area contributed by atoms with Crippen LogP contribution in [0.25, 0.3) is 22.3 Å². The molecule has 0 saturated heterocycles. The molecule has 2 aromatic carbocycles. The minimum Gasteiger partial charge on any atom is -0.496 e. The van der Waals surface area contributed by atoms with Crippen molar-refractivity contribution < 1.29 is 14.3 Å². The molecule has 0 saturated carbocycles. The number of aromatic amines is 2. The first-order valence-corrected chi connectivity index (χ1v) is 9.97. The van der Waals surface area contributed by atoms with Crippen LogP contribution >= 0.6 is 0 Å². The molecule has 0 atom stereocenters. The highest BCUT2D eigenvalue weighted by atomic mass is 16.5. The van der Waals surface area contributed by atoms with Crippen LogP contribution in [0, 0.1) is 5.92 Å². The maximum Gasteiger partial charge on any atom is 0.246 e. The third-order valence-electron chi connectivity index (χ3n) is 4.65. The molecule has 160 valence electrons. The normalized spacial score (nSPS) is 11.1. The second-order valence-electron chi connectivity index (χ2n) is 7.59. The fourth-order valence-electron chi connectivity index (χ4n) is 3.22. The Morgan fingerprint density at radius 1 is 1.16 bits per heavy atom. The number of fused-ring (bicyclic) bond motifs is 1. The lowest BCUT2D eigenvalue weighted by molar-refractivity contribution is -0.121. The van der Waals surface area contributed by atoms with Crippen molar-refractivity contribution in [2.24, 2.45) is 5.92 Å². The van der Waals surface area contributed by atoms with E-state index in [1.54, 1.807) is 25.4 Å². The van der Waals surface area contributed by atoms with E-state index in [2.05, 4.69) is 30.7 Å². The van der Waals surface area contributed by atoms with E-state index in [0.29, 0.717) is 35.6 Å². The lowest BCUT2D eigenvalue weighted by Crippen LogP contribution is -2.13. The Kier molecular flexibility index (Phi) is 5.83. The second-order valence-corrected chi connectivity index (χ2v) is 7.59. The highest BCUT2D eigenvalue weighted by Gasteiger charge is 2.14. The van der Waals surface area contributed by atoms with Crippen molar-refractivity contribution in [3.05, 3.63) is 42.6 Å². The zero-order valence-electron chi connectivity index (χ0n) is 17.6. The number of benzene rings is 2. The molecule has 2 aromatic heterocycles. The van der Waals surface area contributed by atoms with Crippen LogP contribution in [0.4, 0.5) is 11.6 Å².